The summed E-state index contributed by atoms with van der Waals surface area (Å²) in [7, 11) is 0. The van der Waals surface area contributed by atoms with Crippen LogP contribution in [0.1, 0.15) is 167 Å². The molecule has 9 atom stereocenters. The number of hydrogen-bond donors (Lipinski definition) is 1. The lowest BCUT2D eigenvalue weighted by atomic mass is 9.77. The van der Waals surface area contributed by atoms with E-state index in [2.05, 4.69) is 133 Å². The monoisotopic (exact) mass is 748 g/mol. The molecule has 0 bridgehead atoms. The highest BCUT2D eigenvalue weighted by Crippen LogP contribution is 2.34. The molecule has 302 valence electrons. The minimum atomic E-state index is 0.253. The van der Waals surface area contributed by atoms with Crippen LogP contribution in [0.2, 0.25) is 0 Å². The van der Waals surface area contributed by atoms with E-state index in [1.807, 2.05) is 0 Å². The maximum absolute atomic E-state index is 7.74. The molecule has 0 aromatic heterocycles. The van der Waals surface area contributed by atoms with Crippen LogP contribution >= 0.6 is 11.6 Å². The number of rotatable bonds is 28. The molecule has 0 radical (unpaired) electrons. The SMILES string of the molecule is C=C(CC=CC(CC(C)CC(CC)C(C)C(C)C)=C(C)C)CC(C)C(C)CCC(C=CC(C(=C)C(C)/C=C(\CC=N)CC=C1CCC1)C(C)CCl)CC. The van der Waals surface area contributed by atoms with Crippen LogP contribution in [-0.2, 0) is 0 Å². The van der Waals surface area contributed by atoms with E-state index in [0.29, 0.717) is 35.5 Å². The first-order chi connectivity index (χ1) is 25.1. The van der Waals surface area contributed by atoms with Crippen molar-refractivity contribution in [3.8, 4) is 0 Å². The maximum Gasteiger partial charge on any atom is 0.0257 e. The molecule has 1 aliphatic rings. The predicted molar refractivity (Wildman–Crippen MR) is 242 cm³/mol. The molecule has 1 fully saturated rings. The smallest absolute Gasteiger partial charge is 0.0257 e. The summed E-state index contributed by atoms with van der Waals surface area (Å²) in [6, 6.07) is 0. The average Bonchev–Trinajstić information content (AvgIpc) is 3.09. The summed E-state index contributed by atoms with van der Waals surface area (Å²) >= 11 is 6.46. The third kappa shape index (κ3) is 19.0. The van der Waals surface area contributed by atoms with Gasteiger partial charge in [0.1, 0.15) is 0 Å². The van der Waals surface area contributed by atoms with Crippen LogP contribution in [0.3, 0.4) is 0 Å². The van der Waals surface area contributed by atoms with Gasteiger partial charge in [0, 0.05) is 18.2 Å². The van der Waals surface area contributed by atoms with Crippen LogP contribution in [0, 0.1) is 64.6 Å². The second kappa shape index (κ2) is 26.9. The molecule has 1 rings (SSSR count). The predicted octanol–water partition coefficient (Wildman–Crippen LogP) is 16.7. The van der Waals surface area contributed by atoms with Crippen LogP contribution in [0.5, 0.6) is 0 Å². The summed E-state index contributed by atoms with van der Waals surface area (Å²) < 4.78 is 0. The van der Waals surface area contributed by atoms with Crippen molar-refractivity contribution in [2.24, 2.45) is 59.2 Å². The zero-order chi connectivity index (χ0) is 40.1. The Hall–Kier alpha value is -1.86. The van der Waals surface area contributed by atoms with Gasteiger partial charge >= 0.3 is 0 Å². The van der Waals surface area contributed by atoms with E-state index < -0.39 is 0 Å². The Labute approximate surface area is 336 Å². The molecule has 2 heteroatoms. The van der Waals surface area contributed by atoms with E-state index in [1.54, 1.807) is 11.8 Å². The molecule has 9 unspecified atom stereocenters. The van der Waals surface area contributed by atoms with Crippen molar-refractivity contribution in [3.05, 3.63) is 83.1 Å². The summed E-state index contributed by atoms with van der Waals surface area (Å²) in [5, 5.41) is 7.74. The van der Waals surface area contributed by atoms with Crippen molar-refractivity contribution in [1.82, 2.24) is 0 Å². The lowest BCUT2D eigenvalue weighted by Crippen LogP contribution is -2.19. The highest BCUT2D eigenvalue weighted by Gasteiger charge is 2.23. The Balaban J connectivity index is 2.76. The molecule has 0 amide bonds. The molecule has 1 aliphatic carbocycles. The molecule has 53 heavy (non-hydrogen) atoms. The van der Waals surface area contributed by atoms with Crippen molar-refractivity contribution in [1.29, 1.82) is 5.41 Å². The van der Waals surface area contributed by atoms with Crippen molar-refractivity contribution in [2.75, 3.05) is 5.88 Å². The molecular weight excluding hydrogens is 662 g/mol. The second-order valence-corrected chi connectivity index (χ2v) is 18.5. The lowest BCUT2D eigenvalue weighted by Gasteiger charge is -2.29. The molecule has 0 aromatic rings. The Morgan fingerprint density at radius 3 is 2.04 bits per heavy atom. The zero-order valence-electron chi connectivity index (χ0n) is 37.0. The van der Waals surface area contributed by atoms with Crippen molar-refractivity contribution >= 4 is 17.8 Å². The normalized spacial score (nSPS) is 18.9. The Bertz CT molecular complexity index is 1230. The van der Waals surface area contributed by atoms with Gasteiger partial charge in [0.05, 0.1) is 0 Å². The summed E-state index contributed by atoms with van der Waals surface area (Å²) in [6.45, 7) is 37.4. The quantitative estimate of drug-likeness (QED) is 0.0357. The molecule has 0 heterocycles. The van der Waals surface area contributed by atoms with Gasteiger partial charge in [-0.25, -0.2) is 0 Å². The molecule has 0 saturated heterocycles. The van der Waals surface area contributed by atoms with Crippen LogP contribution in [0.4, 0.5) is 0 Å². The van der Waals surface area contributed by atoms with Gasteiger partial charge in [-0.2, -0.15) is 0 Å². The first kappa shape index (κ1) is 49.2. The van der Waals surface area contributed by atoms with E-state index in [-0.39, 0.29) is 11.8 Å². The number of allylic oxidation sites excluding steroid dienone is 12. The fourth-order valence-electron chi connectivity index (χ4n) is 8.04. The molecule has 1 nitrogen and oxygen atoms in total. The zero-order valence-corrected chi connectivity index (χ0v) is 37.8. The highest BCUT2D eigenvalue weighted by molar-refractivity contribution is 6.18. The van der Waals surface area contributed by atoms with Gasteiger partial charge < -0.3 is 5.41 Å². The third-order valence-corrected chi connectivity index (χ3v) is 13.5. The van der Waals surface area contributed by atoms with Crippen LogP contribution in [0.15, 0.2) is 83.1 Å². The summed E-state index contributed by atoms with van der Waals surface area (Å²) in [5.74, 6) is 6.37. The third-order valence-electron chi connectivity index (χ3n) is 13.0. The van der Waals surface area contributed by atoms with E-state index in [9.17, 15) is 0 Å². The summed E-state index contributed by atoms with van der Waals surface area (Å²) in [6.07, 6.45) is 31.0. The molecule has 0 aromatic carbocycles. The molecule has 1 N–H and O–H groups in total. The van der Waals surface area contributed by atoms with Crippen LogP contribution < -0.4 is 0 Å². The first-order valence-corrected chi connectivity index (χ1v) is 22.4. The second-order valence-electron chi connectivity index (χ2n) is 18.2. The van der Waals surface area contributed by atoms with Gasteiger partial charge in [0.15, 0.2) is 0 Å². The van der Waals surface area contributed by atoms with Crippen molar-refractivity contribution in [3.63, 3.8) is 0 Å². The first-order valence-electron chi connectivity index (χ1n) is 21.9. The van der Waals surface area contributed by atoms with E-state index >= 15 is 0 Å². The summed E-state index contributed by atoms with van der Waals surface area (Å²) in [4.78, 5) is 0. The Morgan fingerprint density at radius 2 is 1.51 bits per heavy atom. The fraction of sp³-hybridized carbons (Fsp3) is 0.706. The van der Waals surface area contributed by atoms with Crippen molar-refractivity contribution in [2.45, 2.75) is 167 Å². The average molecular weight is 749 g/mol. The minimum Gasteiger partial charge on any atom is -0.313 e. The Kier molecular flexibility index (Phi) is 24.9. The number of hydrogen-bond acceptors (Lipinski definition) is 1. The molecule has 0 aliphatic heterocycles. The van der Waals surface area contributed by atoms with Crippen molar-refractivity contribution < 1.29 is 0 Å². The standard InChI is InChI=1S/C51H86ClN/c1-15-46(27-28-51(43(12)35-52)45(14)42(11)34-48(29-30-53)26-25-47-20-18-21-47)24-23-40(9)41(10)31-38(7)19-17-22-50(37(5)6)33-39(8)32-49(16-2)44(13)36(3)4/h17,22,25,27-28,30,34,36,39-44,46,49,51,53H,7,14-16,18-21,23-24,26,29,31-33,35H2,1-6,8-13H3/b22-17?,28-27?,48-34-,53-30?. The van der Waals surface area contributed by atoms with E-state index in [0.717, 1.165) is 49.9 Å². The fourth-order valence-corrected chi connectivity index (χ4v) is 8.24. The largest absolute Gasteiger partial charge is 0.313 e. The minimum absolute atomic E-state index is 0.253. The number of halogens is 1. The molecular formula is C51H86ClN. The topological polar surface area (TPSA) is 23.9 Å². The van der Waals surface area contributed by atoms with Gasteiger partial charge in [-0.15, -0.1) is 11.6 Å². The van der Waals surface area contributed by atoms with Crippen LogP contribution in [0.25, 0.3) is 0 Å². The summed E-state index contributed by atoms with van der Waals surface area (Å²) in [5.41, 5.74) is 8.47. The van der Waals surface area contributed by atoms with Gasteiger partial charge in [-0.05, 0) is 150 Å². The van der Waals surface area contributed by atoms with Gasteiger partial charge in [0.2, 0.25) is 0 Å². The van der Waals surface area contributed by atoms with E-state index in [4.69, 9.17) is 17.0 Å². The maximum atomic E-state index is 7.74. The Morgan fingerprint density at radius 1 is 0.830 bits per heavy atom. The van der Waals surface area contributed by atoms with E-state index in [1.165, 1.54) is 79.2 Å². The molecule has 1 saturated carbocycles. The number of alkyl halides is 1. The highest BCUT2D eigenvalue weighted by atomic mass is 35.5. The van der Waals surface area contributed by atoms with Gasteiger partial charge in [-0.1, -0.05) is 153 Å². The van der Waals surface area contributed by atoms with Gasteiger partial charge in [-0.3, -0.25) is 0 Å². The van der Waals surface area contributed by atoms with Crippen LogP contribution in [-0.4, -0.2) is 12.1 Å². The number of nitrogens with one attached hydrogen (secondary N) is 1. The van der Waals surface area contributed by atoms with Gasteiger partial charge in [0.25, 0.3) is 0 Å². The molecule has 0 spiro atoms. The lowest BCUT2D eigenvalue weighted by molar-refractivity contribution is 0.227.